The van der Waals surface area contributed by atoms with E-state index >= 15 is 0 Å². The van der Waals surface area contributed by atoms with Crippen LogP contribution < -0.4 is 5.73 Å². The Labute approximate surface area is 208 Å². The number of hydrogen-bond donors (Lipinski definition) is 1. The number of methoxy groups -OCH3 is 1. The van der Waals surface area contributed by atoms with Crippen molar-refractivity contribution in [2.45, 2.75) is 38.3 Å². The first-order chi connectivity index (χ1) is 16.7. The van der Waals surface area contributed by atoms with Crippen molar-refractivity contribution in [3.05, 3.63) is 89.1 Å². The second-order valence-electron chi connectivity index (χ2n) is 9.23. The quantitative estimate of drug-likeness (QED) is 0.341. The molecule has 0 fully saturated rings. The standard InChI is InChI=1S/C28H28N2O4S/c1-28(2,3)34-26(31)21(22(29)20-15-14-17-10-8-9-13-19(17)16-20)25-30-23(27(32)33-4)24(35-25)18-11-6-5-7-12-18/h5-16,21-22H,29H2,1-4H3/t21-,22?/m0/s1. The van der Waals surface area contributed by atoms with Crippen LogP contribution in [0.2, 0.25) is 0 Å². The highest BCUT2D eigenvalue weighted by molar-refractivity contribution is 7.15. The first kappa shape index (κ1) is 24.6. The Bertz CT molecular complexity index is 1360. The molecule has 1 unspecified atom stereocenters. The van der Waals surface area contributed by atoms with Gasteiger partial charge in [0.25, 0.3) is 0 Å². The lowest BCUT2D eigenvalue weighted by Gasteiger charge is -2.26. The van der Waals surface area contributed by atoms with Crippen LogP contribution in [-0.4, -0.2) is 29.6 Å². The van der Waals surface area contributed by atoms with Gasteiger partial charge in [-0.2, -0.15) is 0 Å². The van der Waals surface area contributed by atoms with Gasteiger partial charge in [-0.05, 0) is 48.7 Å². The smallest absolute Gasteiger partial charge is 0.358 e. The minimum atomic E-state index is -0.916. The van der Waals surface area contributed by atoms with E-state index in [0.29, 0.717) is 9.88 Å². The maximum Gasteiger partial charge on any atom is 0.358 e. The van der Waals surface area contributed by atoms with Crippen LogP contribution in [0, 0.1) is 0 Å². The molecule has 2 atom stereocenters. The van der Waals surface area contributed by atoms with Gasteiger partial charge in [0.15, 0.2) is 5.69 Å². The van der Waals surface area contributed by atoms with Crippen LogP contribution in [-0.2, 0) is 14.3 Å². The van der Waals surface area contributed by atoms with Gasteiger partial charge in [0.2, 0.25) is 0 Å². The van der Waals surface area contributed by atoms with E-state index in [-0.39, 0.29) is 5.69 Å². The topological polar surface area (TPSA) is 91.5 Å². The van der Waals surface area contributed by atoms with Gasteiger partial charge in [-0.3, -0.25) is 4.79 Å². The molecule has 4 rings (SSSR count). The molecule has 0 radical (unpaired) electrons. The summed E-state index contributed by atoms with van der Waals surface area (Å²) in [5, 5.41) is 2.49. The normalized spacial score (nSPS) is 13.3. The van der Waals surface area contributed by atoms with Crippen molar-refractivity contribution in [1.82, 2.24) is 4.98 Å². The second kappa shape index (κ2) is 9.98. The Morgan fingerprint density at radius 2 is 1.60 bits per heavy atom. The Morgan fingerprint density at radius 1 is 0.943 bits per heavy atom. The minimum absolute atomic E-state index is 0.151. The summed E-state index contributed by atoms with van der Waals surface area (Å²) in [6, 6.07) is 22.5. The summed E-state index contributed by atoms with van der Waals surface area (Å²) in [7, 11) is 1.31. The van der Waals surface area contributed by atoms with E-state index in [4.69, 9.17) is 15.2 Å². The number of thiazole rings is 1. The van der Waals surface area contributed by atoms with Gasteiger partial charge in [0.1, 0.15) is 16.5 Å². The molecular formula is C28H28N2O4S. The molecule has 7 heteroatoms. The molecule has 6 nitrogen and oxygen atoms in total. The van der Waals surface area contributed by atoms with Crippen molar-refractivity contribution < 1.29 is 19.1 Å². The number of nitrogens with zero attached hydrogens (tertiary/aromatic N) is 1. The molecule has 0 saturated carbocycles. The lowest BCUT2D eigenvalue weighted by Crippen LogP contribution is -2.33. The number of ether oxygens (including phenoxy) is 2. The van der Waals surface area contributed by atoms with E-state index in [1.165, 1.54) is 18.4 Å². The van der Waals surface area contributed by atoms with E-state index in [1.54, 1.807) is 20.8 Å². The lowest BCUT2D eigenvalue weighted by atomic mass is 9.92. The fourth-order valence-electron chi connectivity index (χ4n) is 3.86. The molecule has 180 valence electrons. The van der Waals surface area contributed by atoms with Crippen molar-refractivity contribution in [2.24, 2.45) is 5.73 Å². The predicted molar refractivity (Wildman–Crippen MR) is 138 cm³/mol. The third kappa shape index (κ3) is 5.42. The molecule has 0 aliphatic rings. The summed E-state index contributed by atoms with van der Waals surface area (Å²) in [4.78, 5) is 31.3. The molecule has 4 aromatic rings. The van der Waals surface area contributed by atoms with Gasteiger partial charge in [0.05, 0.1) is 12.0 Å². The fraction of sp³-hybridized carbons (Fsp3) is 0.250. The maximum absolute atomic E-state index is 13.5. The highest BCUT2D eigenvalue weighted by Gasteiger charge is 2.37. The molecular weight excluding hydrogens is 460 g/mol. The van der Waals surface area contributed by atoms with Gasteiger partial charge < -0.3 is 15.2 Å². The number of nitrogens with two attached hydrogens (primary N) is 1. The number of esters is 2. The van der Waals surface area contributed by atoms with Gasteiger partial charge in [-0.15, -0.1) is 11.3 Å². The summed E-state index contributed by atoms with van der Waals surface area (Å²) < 4.78 is 10.7. The Kier molecular flexibility index (Phi) is 7.00. The summed E-state index contributed by atoms with van der Waals surface area (Å²) in [5.74, 6) is -1.99. The van der Waals surface area contributed by atoms with Crippen molar-refractivity contribution in [1.29, 1.82) is 0 Å². The molecule has 0 aliphatic carbocycles. The van der Waals surface area contributed by atoms with Crippen LogP contribution in [0.3, 0.4) is 0 Å². The number of aromatic nitrogens is 1. The van der Waals surface area contributed by atoms with Crippen LogP contribution in [0.1, 0.15) is 53.8 Å². The molecule has 2 N–H and O–H groups in total. The Balaban J connectivity index is 1.84. The van der Waals surface area contributed by atoms with E-state index in [2.05, 4.69) is 4.98 Å². The highest BCUT2D eigenvalue weighted by Crippen LogP contribution is 2.40. The van der Waals surface area contributed by atoms with E-state index in [1.807, 2.05) is 72.8 Å². The molecule has 0 spiro atoms. The number of hydrogen-bond acceptors (Lipinski definition) is 7. The highest BCUT2D eigenvalue weighted by atomic mass is 32.1. The average Bonchev–Trinajstić information content (AvgIpc) is 3.27. The predicted octanol–water partition coefficient (Wildman–Crippen LogP) is 5.88. The third-order valence-corrected chi connectivity index (χ3v) is 6.69. The minimum Gasteiger partial charge on any atom is -0.464 e. The number of carbonyl (C=O) groups excluding carboxylic acids is 2. The largest absolute Gasteiger partial charge is 0.464 e. The first-order valence-corrected chi connectivity index (χ1v) is 12.1. The zero-order valence-corrected chi connectivity index (χ0v) is 21.0. The number of rotatable bonds is 6. The molecule has 1 heterocycles. The Hall–Kier alpha value is -3.55. The molecule has 1 aromatic heterocycles. The summed E-state index contributed by atoms with van der Waals surface area (Å²) in [6.45, 7) is 5.42. The van der Waals surface area contributed by atoms with Crippen molar-refractivity contribution in [3.8, 4) is 10.4 Å². The van der Waals surface area contributed by atoms with Crippen molar-refractivity contribution in [2.75, 3.05) is 7.11 Å². The van der Waals surface area contributed by atoms with Crippen LogP contribution in [0.5, 0.6) is 0 Å². The van der Waals surface area contributed by atoms with Crippen LogP contribution in [0.25, 0.3) is 21.2 Å². The first-order valence-electron chi connectivity index (χ1n) is 11.3. The van der Waals surface area contributed by atoms with Gasteiger partial charge >= 0.3 is 11.9 Å². The van der Waals surface area contributed by atoms with Crippen molar-refractivity contribution >= 4 is 34.0 Å². The second-order valence-corrected chi connectivity index (χ2v) is 10.3. The molecule has 0 aliphatic heterocycles. The molecule has 0 saturated heterocycles. The van der Waals surface area contributed by atoms with Crippen LogP contribution in [0.4, 0.5) is 0 Å². The number of benzene rings is 3. The van der Waals surface area contributed by atoms with E-state index in [0.717, 1.165) is 21.9 Å². The van der Waals surface area contributed by atoms with E-state index < -0.39 is 29.5 Å². The van der Waals surface area contributed by atoms with Crippen LogP contribution in [0.15, 0.2) is 72.8 Å². The fourth-order valence-corrected chi connectivity index (χ4v) is 5.06. The number of fused-ring (bicyclic) bond motifs is 1. The molecule has 3 aromatic carbocycles. The average molecular weight is 489 g/mol. The van der Waals surface area contributed by atoms with Gasteiger partial charge in [-0.25, -0.2) is 9.78 Å². The van der Waals surface area contributed by atoms with Crippen LogP contribution >= 0.6 is 11.3 Å². The van der Waals surface area contributed by atoms with Crippen molar-refractivity contribution in [3.63, 3.8) is 0 Å². The van der Waals surface area contributed by atoms with Gasteiger partial charge in [0, 0.05) is 6.04 Å². The number of carbonyl (C=O) groups is 2. The molecule has 35 heavy (non-hydrogen) atoms. The summed E-state index contributed by atoms with van der Waals surface area (Å²) in [5.41, 5.74) is 7.75. The monoisotopic (exact) mass is 488 g/mol. The zero-order chi connectivity index (χ0) is 25.2. The van der Waals surface area contributed by atoms with E-state index in [9.17, 15) is 9.59 Å². The lowest BCUT2D eigenvalue weighted by molar-refractivity contribution is -0.157. The van der Waals surface area contributed by atoms with Gasteiger partial charge in [-0.1, -0.05) is 66.7 Å². The molecule has 0 bridgehead atoms. The summed E-state index contributed by atoms with van der Waals surface area (Å²) in [6.07, 6.45) is 0. The SMILES string of the molecule is COC(=O)c1nc([C@@H](C(=O)OC(C)(C)C)C(N)c2ccc3ccccc3c2)sc1-c1ccccc1. The third-order valence-electron chi connectivity index (χ3n) is 5.50. The zero-order valence-electron chi connectivity index (χ0n) is 20.1. The Morgan fingerprint density at radius 3 is 2.26 bits per heavy atom. The molecule has 0 amide bonds. The maximum atomic E-state index is 13.5. The summed E-state index contributed by atoms with van der Waals surface area (Å²) >= 11 is 1.25.